The highest BCUT2D eigenvalue weighted by Gasteiger charge is 2.46. The van der Waals surface area contributed by atoms with Crippen molar-refractivity contribution in [2.24, 2.45) is 5.41 Å². The molecule has 0 aromatic rings. The second-order valence-corrected chi connectivity index (χ2v) is 5.35. The van der Waals surface area contributed by atoms with Gasteiger partial charge < -0.3 is 29.9 Å². The van der Waals surface area contributed by atoms with Gasteiger partial charge in [-0.1, -0.05) is 0 Å². The van der Waals surface area contributed by atoms with Crippen molar-refractivity contribution in [3.8, 4) is 0 Å². The lowest BCUT2D eigenvalue weighted by Gasteiger charge is -2.39. The molecule has 0 unspecified atom stereocenters. The number of carbonyl (C=O) groups is 1. The summed E-state index contributed by atoms with van der Waals surface area (Å²) >= 11 is 0. The maximum atomic E-state index is 11.6. The summed E-state index contributed by atoms with van der Waals surface area (Å²) in [7, 11) is 0. The topological polar surface area (TPSA) is 116 Å². The van der Waals surface area contributed by atoms with E-state index in [1.165, 1.54) is 0 Å². The van der Waals surface area contributed by atoms with E-state index >= 15 is 0 Å². The fourth-order valence-electron chi connectivity index (χ4n) is 1.45. The minimum absolute atomic E-state index is 0.561. The molecule has 0 aliphatic carbocycles. The number of rotatable bonds is 2. The van der Waals surface area contributed by atoms with Gasteiger partial charge in [0.05, 0.1) is 12.0 Å². The molecule has 4 N–H and O–H groups in total. The lowest BCUT2D eigenvalue weighted by molar-refractivity contribution is -0.294. The zero-order valence-corrected chi connectivity index (χ0v) is 10.6. The zero-order chi connectivity index (χ0) is 14.1. The van der Waals surface area contributed by atoms with Crippen molar-refractivity contribution >= 4 is 5.97 Å². The summed E-state index contributed by atoms with van der Waals surface area (Å²) in [5.74, 6) is -0.619. The minimum Gasteiger partial charge on any atom is -0.432 e. The van der Waals surface area contributed by atoms with Gasteiger partial charge in [-0.3, -0.25) is 4.79 Å². The fourth-order valence-corrected chi connectivity index (χ4v) is 1.45. The molecule has 106 valence electrons. The van der Waals surface area contributed by atoms with Crippen LogP contribution < -0.4 is 0 Å². The Hall–Kier alpha value is -0.730. The highest BCUT2D eigenvalue weighted by Crippen LogP contribution is 2.24. The normalized spacial score (nSPS) is 37.4. The van der Waals surface area contributed by atoms with Crippen molar-refractivity contribution in [3.05, 3.63) is 0 Å². The second kappa shape index (κ2) is 5.50. The molecule has 18 heavy (non-hydrogen) atoms. The van der Waals surface area contributed by atoms with Gasteiger partial charge in [-0.2, -0.15) is 0 Å². The quantitative estimate of drug-likeness (QED) is 0.443. The SMILES string of the molecule is CC(C)(C)C(=O)O[C@H]1O[C@H](CO)[C@@H](O)[C@H](O)[C@H]1O. The van der Waals surface area contributed by atoms with Crippen LogP contribution in [0.15, 0.2) is 0 Å². The van der Waals surface area contributed by atoms with Gasteiger partial charge in [0.2, 0.25) is 6.29 Å². The molecule has 7 nitrogen and oxygen atoms in total. The van der Waals surface area contributed by atoms with E-state index in [4.69, 9.17) is 14.6 Å². The summed E-state index contributed by atoms with van der Waals surface area (Å²) in [6, 6.07) is 0. The van der Waals surface area contributed by atoms with Crippen molar-refractivity contribution in [3.63, 3.8) is 0 Å². The Morgan fingerprint density at radius 2 is 1.72 bits per heavy atom. The summed E-state index contributed by atoms with van der Waals surface area (Å²) in [6.45, 7) is 4.31. The Morgan fingerprint density at radius 1 is 1.17 bits per heavy atom. The molecule has 1 heterocycles. The Kier molecular flexibility index (Phi) is 4.68. The summed E-state index contributed by atoms with van der Waals surface area (Å²) in [5.41, 5.74) is -0.793. The van der Waals surface area contributed by atoms with Crippen molar-refractivity contribution < 1.29 is 34.7 Å². The van der Waals surface area contributed by atoms with E-state index in [2.05, 4.69) is 0 Å². The van der Waals surface area contributed by atoms with Crippen LogP contribution in [0.1, 0.15) is 20.8 Å². The average molecular weight is 264 g/mol. The van der Waals surface area contributed by atoms with Crippen LogP contribution in [0.2, 0.25) is 0 Å². The first-order chi connectivity index (χ1) is 8.18. The fraction of sp³-hybridized carbons (Fsp3) is 0.909. The largest absolute Gasteiger partial charge is 0.432 e. The molecule has 1 saturated heterocycles. The number of esters is 1. The van der Waals surface area contributed by atoms with Gasteiger partial charge in [0.15, 0.2) is 0 Å². The third-order valence-electron chi connectivity index (χ3n) is 2.68. The molecule has 0 amide bonds. The number of carbonyl (C=O) groups excluding carboxylic acids is 1. The van der Waals surface area contributed by atoms with Crippen molar-refractivity contribution in [2.75, 3.05) is 6.61 Å². The molecule has 1 aliphatic rings. The first-order valence-electron chi connectivity index (χ1n) is 5.70. The average Bonchev–Trinajstić information content (AvgIpc) is 2.28. The molecule has 1 rings (SSSR count). The van der Waals surface area contributed by atoms with Crippen LogP contribution in [-0.4, -0.2) is 63.7 Å². The van der Waals surface area contributed by atoms with Gasteiger partial charge in [-0.15, -0.1) is 0 Å². The Bertz CT molecular complexity index is 296. The van der Waals surface area contributed by atoms with E-state index in [9.17, 15) is 20.1 Å². The van der Waals surface area contributed by atoms with Crippen LogP contribution in [0.4, 0.5) is 0 Å². The summed E-state index contributed by atoms with van der Waals surface area (Å²) in [5, 5.41) is 37.6. The molecular formula is C11H20O7. The van der Waals surface area contributed by atoms with Crippen molar-refractivity contribution in [2.45, 2.75) is 51.5 Å². The lowest BCUT2D eigenvalue weighted by Crippen LogP contribution is -2.59. The Morgan fingerprint density at radius 3 is 2.17 bits per heavy atom. The van der Waals surface area contributed by atoms with Gasteiger partial charge in [-0.25, -0.2) is 0 Å². The van der Waals surface area contributed by atoms with Crippen LogP contribution in [0, 0.1) is 5.41 Å². The first kappa shape index (κ1) is 15.3. The summed E-state index contributed by atoms with van der Waals surface area (Å²) < 4.78 is 9.97. The van der Waals surface area contributed by atoms with E-state index in [0.717, 1.165) is 0 Å². The number of aliphatic hydroxyl groups is 4. The van der Waals surface area contributed by atoms with Crippen molar-refractivity contribution in [1.82, 2.24) is 0 Å². The predicted molar refractivity (Wildman–Crippen MR) is 59.3 cm³/mol. The van der Waals surface area contributed by atoms with Gasteiger partial charge in [-0.05, 0) is 20.8 Å². The molecule has 0 aromatic heterocycles. The maximum Gasteiger partial charge on any atom is 0.313 e. The number of hydrogen-bond acceptors (Lipinski definition) is 7. The maximum absolute atomic E-state index is 11.6. The molecule has 7 heteroatoms. The van der Waals surface area contributed by atoms with Crippen molar-refractivity contribution in [1.29, 1.82) is 0 Å². The van der Waals surface area contributed by atoms with Gasteiger partial charge >= 0.3 is 5.97 Å². The van der Waals surface area contributed by atoms with E-state index in [1.807, 2.05) is 0 Å². The molecular weight excluding hydrogens is 244 g/mol. The Labute approximate surface area is 105 Å². The Balaban J connectivity index is 2.74. The predicted octanol–water partition coefficient (Wildman–Crippen LogP) is -1.62. The first-order valence-corrected chi connectivity index (χ1v) is 5.70. The molecule has 0 radical (unpaired) electrons. The number of ether oxygens (including phenoxy) is 2. The number of hydrogen-bond donors (Lipinski definition) is 4. The third kappa shape index (κ3) is 3.18. The molecule has 5 atom stereocenters. The van der Waals surface area contributed by atoms with Crippen LogP contribution in [0.25, 0.3) is 0 Å². The van der Waals surface area contributed by atoms with Crippen LogP contribution in [-0.2, 0) is 14.3 Å². The minimum atomic E-state index is -1.56. The van der Waals surface area contributed by atoms with Gasteiger partial charge in [0, 0.05) is 0 Å². The number of aliphatic hydroxyl groups excluding tert-OH is 4. The van der Waals surface area contributed by atoms with Gasteiger partial charge in [0.25, 0.3) is 0 Å². The van der Waals surface area contributed by atoms with Gasteiger partial charge in [0.1, 0.15) is 24.4 Å². The standard InChI is InChI=1S/C11H20O7/c1-11(2,3)10(16)18-9-8(15)7(14)6(13)5(4-12)17-9/h5-9,12-15H,4H2,1-3H3/t5-,6-,7+,8-,9-/m1/s1. The molecule has 0 aromatic carbocycles. The molecule has 1 fully saturated rings. The third-order valence-corrected chi connectivity index (χ3v) is 2.68. The smallest absolute Gasteiger partial charge is 0.313 e. The van der Waals surface area contributed by atoms with E-state index < -0.39 is 48.7 Å². The van der Waals surface area contributed by atoms with E-state index in [0.29, 0.717) is 0 Å². The lowest BCUT2D eigenvalue weighted by atomic mass is 9.96. The highest BCUT2D eigenvalue weighted by molar-refractivity contribution is 5.75. The van der Waals surface area contributed by atoms with E-state index in [1.54, 1.807) is 20.8 Å². The van der Waals surface area contributed by atoms with Crippen LogP contribution in [0.3, 0.4) is 0 Å². The van der Waals surface area contributed by atoms with E-state index in [-0.39, 0.29) is 0 Å². The monoisotopic (exact) mass is 264 g/mol. The molecule has 0 bridgehead atoms. The zero-order valence-electron chi connectivity index (χ0n) is 10.6. The van der Waals surface area contributed by atoms with Crippen LogP contribution in [0.5, 0.6) is 0 Å². The van der Waals surface area contributed by atoms with Crippen LogP contribution >= 0.6 is 0 Å². The molecule has 0 saturated carbocycles. The molecule has 1 aliphatic heterocycles. The summed E-state index contributed by atoms with van der Waals surface area (Å²) in [4.78, 5) is 11.6. The molecule has 0 spiro atoms. The second-order valence-electron chi connectivity index (χ2n) is 5.35. The summed E-state index contributed by atoms with van der Waals surface area (Å²) in [6.07, 6.45) is -7.06. The highest BCUT2D eigenvalue weighted by atomic mass is 16.7.